The Labute approximate surface area is 107 Å². The molecule has 2 aromatic rings. The Morgan fingerprint density at radius 1 is 1.22 bits per heavy atom. The normalized spacial score (nSPS) is 10.6. The predicted octanol–water partition coefficient (Wildman–Crippen LogP) is 2.26. The summed E-state index contributed by atoms with van der Waals surface area (Å²) in [5, 5.41) is 3.29. The van der Waals surface area contributed by atoms with Crippen molar-refractivity contribution in [3.05, 3.63) is 24.3 Å². The van der Waals surface area contributed by atoms with E-state index in [1.54, 1.807) is 12.5 Å². The highest BCUT2D eigenvalue weighted by Gasteiger charge is 2.14. The average molecular weight is 245 g/mol. The number of aryl methyl sites for hydroxylation is 1. The Balaban J connectivity index is 2.52. The van der Waals surface area contributed by atoms with E-state index >= 15 is 0 Å². The summed E-state index contributed by atoms with van der Waals surface area (Å²) in [5.41, 5.74) is 2.08. The van der Waals surface area contributed by atoms with Crippen LogP contribution in [0.25, 0.3) is 11.5 Å². The van der Waals surface area contributed by atoms with Crippen LogP contribution in [0, 0.1) is 0 Å². The van der Waals surface area contributed by atoms with E-state index in [4.69, 9.17) is 0 Å². The summed E-state index contributed by atoms with van der Waals surface area (Å²) in [5.74, 6) is 1.81. The number of aromatic nitrogens is 4. The van der Waals surface area contributed by atoms with Crippen molar-refractivity contribution >= 4 is 5.82 Å². The van der Waals surface area contributed by atoms with Crippen LogP contribution in [0.2, 0.25) is 0 Å². The average Bonchev–Trinajstić information content (AvgIpc) is 2.78. The molecule has 96 valence electrons. The maximum Gasteiger partial charge on any atom is 0.158 e. The van der Waals surface area contributed by atoms with Crippen molar-refractivity contribution in [3.63, 3.8) is 0 Å². The zero-order chi connectivity index (χ0) is 13.0. The summed E-state index contributed by atoms with van der Waals surface area (Å²) in [7, 11) is 1.98. The van der Waals surface area contributed by atoms with Crippen molar-refractivity contribution in [2.75, 3.05) is 11.9 Å². The van der Waals surface area contributed by atoms with Crippen molar-refractivity contribution in [3.8, 4) is 11.5 Å². The summed E-state index contributed by atoms with van der Waals surface area (Å²) < 4.78 is 1.98. The van der Waals surface area contributed by atoms with Crippen LogP contribution in [0.15, 0.2) is 18.7 Å². The van der Waals surface area contributed by atoms with Gasteiger partial charge in [-0.05, 0) is 13.3 Å². The number of nitrogens with zero attached hydrogens (tertiary/aromatic N) is 4. The highest BCUT2D eigenvalue weighted by Crippen LogP contribution is 2.25. The van der Waals surface area contributed by atoms with Crippen LogP contribution in [0.3, 0.4) is 0 Å². The molecule has 0 radical (unpaired) electrons. The third-order valence-electron chi connectivity index (χ3n) is 2.82. The zero-order valence-electron chi connectivity index (χ0n) is 11.1. The molecule has 0 bridgehead atoms. The zero-order valence-corrected chi connectivity index (χ0v) is 11.1. The quantitative estimate of drug-likeness (QED) is 0.878. The molecule has 2 heterocycles. The highest BCUT2D eigenvalue weighted by atomic mass is 15.1. The lowest BCUT2D eigenvalue weighted by Gasteiger charge is -2.12. The van der Waals surface area contributed by atoms with Crippen LogP contribution in [-0.2, 0) is 13.5 Å². The van der Waals surface area contributed by atoms with E-state index in [0.29, 0.717) is 0 Å². The maximum atomic E-state index is 4.41. The fraction of sp³-hybridized carbons (Fsp3) is 0.462. The standard InChI is InChI=1S/C13H19N5/c1-4-6-10-11(13-15-7-8-18(13)3)16-9-17-12(10)14-5-2/h7-9H,4-6H2,1-3H3,(H,14,16,17). The predicted molar refractivity (Wildman–Crippen MR) is 72.4 cm³/mol. The molecule has 0 aliphatic carbocycles. The number of hydrogen-bond acceptors (Lipinski definition) is 4. The van der Waals surface area contributed by atoms with Gasteiger partial charge in [-0.1, -0.05) is 13.3 Å². The van der Waals surface area contributed by atoms with Gasteiger partial charge in [-0.15, -0.1) is 0 Å². The second-order valence-corrected chi connectivity index (χ2v) is 4.19. The molecule has 5 nitrogen and oxygen atoms in total. The Bertz CT molecular complexity index is 518. The lowest BCUT2D eigenvalue weighted by molar-refractivity contribution is 0.876. The minimum atomic E-state index is 0.855. The third kappa shape index (κ3) is 2.34. The van der Waals surface area contributed by atoms with E-state index in [-0.39, 0.29) is 0 Å². The first-order chi connectivity index (χ1) is 8.77. The van der Waals surface area contributed by atoms with Gasteiger partial charge in [-0.25, -0.2) is 15.0 Å². The first kappa shape index (κ1) is 12.5. The lowest BCUT2D eigenvalue weighted by atomic mass is 10.1. The molecule has 0 aliphatic heterocycles. The number of rotatable bonds is 5. The smallest absolute Gasteiger partial charge is 0.158 e. The van der Waals surface area contributed by atoms with Gasteiger partial charge in [-0.3, -0.25) is 0 Å². The third-order valence-corrected chi connectivity index (χ3v) is 2.82. The largest absolute Gasteiger partial charge is 0.370 e. The molecule has 2 aromatic heterocycles. The van der Waals surface area contributed by atoms with Crippen LogP contribution >= 0.6 is 0 Å². The van der Waals surface area contributed by atoms with E-state index in [9.17, 15) is 0 Å². The molecule has 18 heavy (non-hydrogen) atoms. The molecule has 0 aliphatic rings. The minimum absolute atomic E-state index is 0.855. The van der Waals surface area contributed by atoms with E-state index in [1.807, 2.05) is 17.8 Å². The van der Waals surface area contributed by atoms with Crippen molar-refractivity contribution in [1.82, 2.24) is 19.5 Å². The molecule has 0 spiro atoms. The van der Waals surface area contributed by atoms with Crippen molar-refractivity contribution in [2.24, 2.45) is 7.05 Å². The lowest BCUT2D eigenvalue weighted by Crippen LogP contribution is -2.08. The number of imidazole rings is 1. The fourth-order valence-corrected chi connectivity index (χ4v) is 2.01. The van der Waals surface area contributed by atoms with Gasteiger partial charge in [0.15, 0.2) is 5.82 Å². The summed E-state index contributed by atoms with van der Waals surface area (Å²) >= 11 is 0. The van der Waals surface area contributed by atoms with Crippen LogP contribution in [0.4, 0.5) is 5.82 Å². The van der Waals surface area contributed by atoms with E-state index in [1.165, 1.54) is 0 Å². The molecule has 0 amide bonds. The van der Waals surface area contributed by atoms with Crippen molar-refractivity contribution < 1.29 is 0 Å². The molecule has 0 unspecified atom stereocenters. The molecular formula is C13H19N5. The van der Waals surface area contributed by atoms with Gasteiger partial charge in [-0.2, -0.15) is 0 Å². The monoisotopic (exact) mass is 245 g/mol. The Morgan fingerprint density at radius 2 is 2.06 bits per heavy atom. The van der Waals surface area contributed by atoms with Gasteiger partial charge in [0.1, 0.15) is 17.8 Å². The van der Waals surface area contributed by atoms with Crippen LogP contribution in [0.1, 0.15) is 25.8 Å². The molecule has 1 N–H and O–H groups in total. The number of nitrogens with one attached hydrogen (secondary N) is 1. The van der Waals surface area contributed by atoms with E-state index < -0.39 is 0 Å². The summed E-state index contributed by atoms with van der Waals surface area (Å²) in [6, 6.07) is 0. The molecule has 0 atom stereocenters. The highest BCUT2D eigenvalue weighted by molar-refractivity contribution is 5.63. The molecular weight excluding hydrogens is 226 g/mol. The van der Waals surface area contributed by atoms with Gasteiger partial charge in [0.2, 0.25) is 0 Å². The van der Waals surface area contributed by atoms with Gasteiger partial charge >= 0.3 is 0 Å². The Morgan fingerprint density at radius 3 is 2.67 bits per heavy atom. The summed E-state index contributed by atoms with van der Waals surface area (Å²) in [6.07, 6.45) is 7.33. The molecule has 5 heteroatoms. The fourth-order valence-electron chi connectivity index (χ4n) is 2.01. The molecule has 0 fully saturated rings. The van der Waals surface area contributed by atoms with Crippen molar-refractivity contribution in [1.29, 1.82) is 0 Å². The molecule has 0 saturated heterocycles. The van der Waals surface area contributed by atoms with Gasteiger partial charge in [0, 0.05) is 31.5 Å². The topological polar surface area (TPSA) is 55.6 Å². The first-order valence-corrected chi connectivity index (χ1v) is 6.33. The van der Waals surface area contributed by atoms with E-state index in [2.05, 4.69) is 34.1 Å². The maximum absolute atomic E-state index is 4.41. The summed E-state index contributed by atoms with van der Waals surface area (Å²) in [4.78, 5) is 13.1. The second kappa shape index (κ2) is 5.62. The number of anilines is 1. The SMILES string of the molecule is CCCc1c(NCC)ncnc1-c1nccn1C. The number of hydrogen-bond donors (Lipinski definition) is 1. The van der Waals surface area contributed by atoms with Crippen LogP contribution in [0.5, 0.6) is 0 Å². The first-order valence-electron chi connectivity index (χ1n) is 6.33. The van der Waals surface area contributed by atoms with Gasteiger partial charge in [0.05, 0.1) is 0 Å². The second-order valence-electron chi connectivity index (χ2n) is 4.19. The van der Waals surface area contributed by atoms with Crippen molar-refractivity contribution in [2.45, 2.75) is 26.7 Å². The molecule has 0 aromatic carbocycles. The van der Waals surface area contributed by atoms with Gasteiger partial charge < -0.3 is 9.88 Å². The Kier molecular flexibility index (Phi) is 3.92. The minimum Gasteiger partial charge on any atom is -0.370 e. The van der Waals surface area contributed by atoms with E-state index in [0.717, 1.165) is 42.3 Å². The molecule has 0 saturated carbocycles. The van der Waals surface area contributed by atoms with Crippen LogP contribution < -0.4 is 5.32 Å². The van der Waals surface area contributed by atoms with Gasteiger partial charge in [0.25, 0.3) is 0 Å². The molecule has 2 rings (SSSR count). The van der Waals surface area contributed by atoms with Crippen LogP contribution in [-0.4, -0.2) is 26.1 Å². The Hall–Kier alpha value is -1.91. The summed E-state index contributed by atoms with van der Waals surface area (Å²) in [6.45, 7) is 5.08.